The molecule has 0 unspecified atom stereocenters. The zero-order valence-corrected chi connectivity index (χ0v) is 26.8. The van der Waals surface area contributed by atoms with Gasteiger partial charge in [0.25, 0.3) is 5.69 Å². The van der Waals surface area contributed by atoms with Crippen molar-refractivity contribution in [3.05, 3.63) is 34.4 Å². The molecule has 1 aliphatic heterocycles. The molecule has 2 aliphatic rings. The van der Waals surface area contributed by atoms with Crippen molar-refractivity contribution < 1.29 is 88.9 Å². The molecule has 18 heteroatoms. The third kappa shape index (κ3) is 14.4. The van der Waals surface area contributed by atoms with Crippen molar-refractivity contribution in [3.63, 3.8) is 0 Å². The molecule has 1 aromatic carbocycles. The van der Waals surface area contributed by atoms with E-state index in [9.17, 15) is 49.4 Å². The summed E-state index contributed by atoms with van der Waals surface area (Å²) in [5, 5.41) is 44.8. The van der Waals surface area contributed by atoms with E-state index in [2.05, 4.69) is 0 Å². The first-order valence-electron chi connectivity index (χ1n) is 14.1. The molecule has 0 bridgehead atoms. The predicted molar refractivity (Wildman–Crippen MR) is 144 cm³/mol. The number of rotatable bonds is 13. The van der Waals surface area contributed by atoms with Crippen LogP contribution >= 0.6 is 0 Å². The number of aliphatic carboxylic acids is 3. The molecule has 0 N–H and O–H groups in total. The number of benzene rings is 1. The summed E-state index contributed by atoms with van der Waals surface area (Å²) in [6.45, 7) is -0.250. The maximum Gasteiger partial charge on any atom is 3.00 e. The Morgan fingerprint density at radius 1 is 0.711 bits per heavy atom. The van der Waals surface area contributed by atoms with Crippen molar-refractivity contribution in [3.8, 4) is 5.75 Å². The molecule has 1 aromatic rings. The van der Waals surface area contributed by atoms with Gasteiger partial charge in [-0.1, -0.05) is 0 Å². The Hall–Kier alpha value is -2.87. The van der Waals surface area contributed by atoms with Gasteiger partial charge in [0, 0.05) is 90.2 Å². The summed E-state index contributed by atoms with van der Waals surface area (Å²) in [5.41, 5.74) is -0.170. The third-order valence-electron chi connectivity index (χ3n) is 7.23. The summed E-state index contributed by atoms with van der Waals surface area (Å²) in [6, 6.07) is 4.78. The van der Waals surface area contributed by atoms with Crippen LogP contribution in [0.15, 0.2) is 24.3 Å². The number of carbonyl (C=O) groups is 5. The van der Waals surface area contributed by atoms with E-state index in [1.807, 2.05) is 0 Å². The van der Waals surface area contributed by atoms with Gasteiger partial charge in [-0.05, 0) is 25.0 Å². The number of esters is 1. The minimum absolute atomic E-state index is 0. The number of hydrogen-bond acceptors (Lipinski definition) is 15. The van der Waals surface area contributed by atoms with Crippen molar-refractivity contribution in [1.29, 1.82) is 0 Å². The number of hydrogen-bond donors (Lipinski definition) is 0. The van der Waals surface area contributed by atoms with Gasteiger partial charge in [0.15, 0.2) is 0 Å². The number of carbonyl (C=O) groups excluding carboxylic acids is 5. The molecule has 1 aliphatic carbocycles. The van der Waals surface area contributed by atoms with Crippen LogP contribution in [0, 0.1) is 50.1 Å². The fraction of sp³-hybridized carbons (Fsp3) is 0.593. The van der Waals surface area contributed by atoms with E-state index in [1.165, 1.54) is 34.1 Å². The smallest absolute Gasteiger partial charge is 0.549 e. The van der Waals surface area contributed by atoms with E-state index in [-0.39, 0.29) is 129 Å². The number of non-ortho nitro benzene ring substituents is 1. The van der Waals surface area contributed by atoms with Gasteiger partial charge in [-0.15, -0.1) is 0 Å². The summed E-state index contributed by atoms with van der Waals surface area (Å²) >= 11 is 0. The summed E-state index contributed by atoms with van der Waals surface area (Å²) in [5.74, 6) is -4.98. The van der Waals surface area contributed by atoms with Gasteiger partial charge in [-0.2, -0.15) is 0 Å². The molecule has 1 saturated carbocycles. The number of ether oxygens (including phenoxy) is 1. The van der Waals surface area contributed by atoms with Crippen LogP contribution in [0.25, 0.3) is 0 Å². The Morgan fingerprint density at radius 2 is 1.09 bits per heavy atom. The molecule has 1 amide bonds. The zero-order chi connectivity index (χ0) is 32.2. The Morgan fingerprint density at radius 3 is 1.42 bits per heavy atom. The largest absolute Gasteiger partial charge is 3.00 e. The monoisotopic (exact) mass is 777 g/mol. The fourth-order valence-corrected chi connectivity index (χ4v) is 4.79. The van der Waals surface area contributed by atoms with Gasteiger partial charge in [-0.25, -0.2) is 4.79 Å². The van der Waals surface area contributed by atoms with Gasteiger partial charge in [0.1, 0.15) is 12.3 Å². The van der Waals surface area contributed by atoms with Crippen LogP contribution < -0.4 is 20.1 Å². The van der Waals surface area contributed by atoms with E-state index in [0.717, 1.165) is 0 Å². The first-order chi connectivity index (χ1) is 20.9. The molecule has 0 spiro atoms. The van der Waals surface area contributed by atoms with Gasteiger partial charge in [0.2, 0.25) is 5.91 Å². The molecule has 1 radical (unpaired) electrons. The molecular weight excluding hydrogens is 742 g/mol. The minimum Gasteiger partial charge on any atom is -0.549 e. The molecule has 247 valence electrons. The van der Waals surface area contributed by atoms with Gasteiger partial charge < -0.3 is 39.3 Å². The van der Waals surface area contributed by atoms with Crippen LogP contribution in [0.3, 0.4) is 0 Å². The van der Waals surface area contributed by atoms with Crippen LogP contribution in [-0.2, 0) is 24.0 Å². The van der Waals surface area contributed by atoms with Gasteiger partial charge in [0.05, 0.1) is 29.4 Å². The Bertz CT molecular complexity index is 1170. The average Bonchev–Trinajstić information content (AvgIpc) is 3.78. The maximum absolute atomic E-state index is 13.4. The molecule has 0 atom stereocenters. The summed E-state index contributed by atoms with van der Waals surface area (Å²) in [7, 11) is 0. The van der Waals surface area contributed by atoms with Crippen molar-refractivity contribution in [1.82, 2.24) is 24.5 Å². The van der Waals surface area contributed by atoms with E-state index >= 15 is 0 Å². The summed E-state index contributed by atoms with van der Waals surface area (Å²) < 4.78 is 5.28. The number of carboxylic acid groups (broad SMARTS) is 3. The minimum atomic E-state index is -1.32. The van der Waals surface area contributed by atoms with Gasteiger partial charge in [-0.3, -0.25) is 34.5 Å². The number of nitro benzene ring substituents is 1. The molecular formula is C27H35GdN6O11. The number of nitro groups is 1. The SMILES string of the molecule is O=C([O-])CN1CCN(CC(=O)[O-])CCN(CC(=O)N(CC(=O)Oc2ccc([N+](=O)[O-])cc2)C2CC2)CCN(CC(=O)[O-])CC1.[Gd+3]. The van der Waals surface area contributed by atoms with Crippen molar-refractivity contribution >= 4 is 35.5 Å². The van der Waals surface area contributed by atoms with E-state index < -0.39 is 48.4 Å². The number of nitrogens with zero attached hydrogens (tertiary/aromatic N) is 6. The Balaban J connectivity index is 0.00000705. The van der Waals surface area contributed by atoms with Crippen molar-refractivity contribution in [2.45, 2.75) is 18.9 Å². The topological polar surface area (TPSA) is 223 Å². The molecule has 2 fully saturated rings. The second-order valence-electron chi connectivity index (χ2n) is 10.7. The van der Waals surface area contributed by atoms with Gasteiger partial charge >= 0.3 is 45.9 Å². The predicted octanol–water partition coefficient (Wildman–Crippen LogP) is -5.04. The average molecular weight is 777 g/mol. The maximum atomic E-state index is 13.4. The normalized spacial score (nSPS) is 17.6. The van der Waals surface area contributed by atoms with Crippen molar-refractivity contribution in [2.24, 2.45) is 0 Å². The zero-order valence-electron chi connectivity index (χ0n) is 24.5. The summed E-state index contributed by atoms with van der Waals surface area (Å²) in [4.78, 5) is 78.1. The molecule has 17 nitrogen and oxygen atoms in total. The van der Waals surface area contributed by atoms with Crippen LogP contribution in [0.1, 0.15) is 12.8 Å². The van der Waals surface area contributed by atoms with E-state index in [1.54, 1.807) is 14.7 Å². The quantitative estimate of drug-likeness (QED) is 0.0792. The fourth-order valence-electron chi connectivity index (χ4n) is 4.79. The Labute approximate surface area is 291 Å². The second kappa shape index (κ2) is 18.9. The second-order valence-corrected chi connectivity index (χ2v) is 10.7. The Kier molecular flexibility index (Phi) is 16.1. The third-order valence-corrected chi connectivity index (χ3v) is 7.23. The molecule has 1 saturated heterocycles. The van der Waals surface area contributed by atoms with Crippen LogP contribution in [0.4, 0.5) is 5.69 Å². The first-order valence-corrected chi connectivity index (χ1v) is 14.1. The van der Waals surface area contributed by atoms with Crippen molar-refractivity contribution in [2.75, 3.05) is 85.1 Å². The molecule has 0 aromatic heterocycles. The van der Waals surface area contributed by atoms with Crippen LogP contribution in [-0.4, -0.2) is 150 Å². The molecule has 1 heterocycles. The van der Waals surface area contributed by atoms with Crippen LogP contribution in [0.5, 0.6) is 5.75 Å². The molecule has 3 rings (SSSR count). The number of carboxylic acids is 3. The van der Waals surface area contributed by atoms with Crippen LogP contribution in [0.2, 0.25) is 0 Å². The van der Waals surface area contributed by atoms with E-state index in [4.69, 9.17) is 4.74 Å². The summed E-state index contributed by atoms with van der Waals surface area (Å²) in [6.07, 6.45) is 1.38. The molecule has 45 heavy (non-hydrogen) atoms. The number of amides is 1. The standard InChI is InChI=1S/C27H38N6O11.Gd/c34-23(32(20-1-2-20)19-27(41)44-22-5-3-21(4-6-22)33(42)43)15-28-7-9-29(16-24(35)36)11-13-31(18-26(39)40)14-12-30(10-8-28)17-25(37)38;/h3-6,20H,1-2,7-19H2,(H,35,36)(H,37,38)(H,39,40);/q;+3/p-3. The first kappa shape index (κ1) is 38.3. The van der Waals surface area contributed by atoms with E-state index in [0.29, 0.717) is 12.8 Å².